The van der Waals surface area contributed by atoms with Gasteiger partial charge in [0, 0.05) is 17.2 Å². The number of hydrogen-bond donors (Lipinski definition) is 1. The molecule has 6 nitrogen and oxygen atoms in total. The van der Waals surface area contributed by atoms with Crippen molar-refractivity contribution in [2.75, 3.05) is 5.75 Å². The van der Waals surface area contributed by atoms with Crippen LogP contribution in [0, 0.1) is 6.92 Å². The molecule has 0 aliphatic heterocycles. The van der Waals surface area contributed by atoms with Crippen LogP contribution in [0.2, 0.25) is 0 Å². The van der Waals surface area contributed by atoms with E-state index < -0.39 is 0 Å². The van der Waals surface area contributed by atoms with Gasteiger partial charge < -0.3 is 5.32 Å². The Morgan fingerprint density at radius 1 is 0.947 bits per heavy atom. The molecule has 0 bridgehead atoms. The van der Waals surface area contributed by atoms with Crippen LogP contribution in [0.5, 0.6) is 0 Å². The lowest BCUT2D eigenvalue weighted by molar-refractivity contribution is 0.0927. The van der Waals surface area contributed by atoms with Crippen molar-refractivity contribution >= 4 is 34.4 Å². The van der Waals surface area contributed by atoms with Gasteiger partial charge in [0.05, 0.1) is 23.2 Å². The molecule has 4 aromatic rings. The minimum absolute atomic E-state index is 0.0348. The van der Waals surface area contributed by atoms with Gasteiger partial charge in [0.15, 0.2) is 10.9 Å². The highest BCUT2D eigenvalue weighted by Gasteiger charge is 2.19. The van der Waals surface area contributed by atoms with Crippen LogP contribution in [-0.4, -0.2) is 33.0 Å². The minimum Gasteiger partial charge on any atom is -0.349 e. The molecule has 7 heteroatoms. The van der Waals surface area contributed by atoms with Gasteiger partial charge in [0.25, 0.3) is 11.5 Å². The largest absolute Gasteiger partial charge is 0.349 e. The number of nitrogens with zero attached hydrogens (tertiary/aromatic N) is 2. The van der Waals surface area contributed by atoms with Crippen LogP contribution in [0.1, 0.15) is 63.9 Å². The summed E-state index contributed by atoms with van der Waals surface area (Å²) in [7, 11) is 0. The minimum atomic E-state index is -0.190. The number of ketones is 1. The molecule has 1 heterocycles. The maximum Gasteiger partial charge on any atom is 0.262 e. The Kier molecular flexibility index (Phi) is 8.03. The summed E-state index contributed by atoms with van der Waals surface area (Å²) < 4.78 is 1.62. The van der Waals surface area contributed by atoms with Crippen molar-refractivity contribution in [2.24, 2.45) is 0 Å². The highest BCUT2D eigenvalue weighted by atomic mass is 32.2. The van der Waals surface area contributed by atoms with Gasteiger partial charge in [-0.2, -0.15) is 0 Å². The highest BCUT2D eigenvalue weighted by molar-refractivity contribution is 7.99. The van der Waals surface area contributed by atoms with E-state index in [-0.39, 0.29) is 29.0 Å². The van der Waals surface area contributed by atoms with Crippen LogP contribution in [0.4, 0.5) is 0 Å². The third kappa shape index (κ3) is 6.05. The summed E-state index contributed by atoms with van der Waals surface area (Å²) in [6.45, 7) is 2.36. The van der Waals surface area contributed by atoms with Crippen molar-refractivity contribution in [3.8, 4) is 0 Å². The Balaban J connectivity index is 1.47. The van der Waals surface area contributed by atoms with Crippen LogP contribution in [0.25, 0.3) is 10.9 Å². The number of aromatic nitrogens is 2. The van der Waals surface area contributed by atoms with E-state index in [0.29, 0.717) is 33.7 Å². The van der Waals surface area contributed by atoms with E-state index in [1.807, 2.05) is 49.4 Å². The lowest BCUT2D eigenvalue weighted by Crippen LogP contribution is -2.36. The fraction of sp³-hybridized carbons (Fsp3) is 0.290. The van der Waals surface area contributed by atoms with Gasteiger partial charge in [0.2, 0.25) is 0 Å². The van der Waals surface area contributed by atoms with Crippen LogP contribution in [-0.2, 0) is 6.54 Å². The van der Waals surface area contributed by atoms with Crippen molar-refractivity contribution in [2.45, 2.75) is 56.8 Å². The Labute approximate surface area is 226 Å². The predicted octanol–water partition coefficient (Wildman–Crippen LogP) is 5.79. The molecule has 1 fully saturated rings. The van der Waals surface area contributed by atoms with E-state index in [0.717, 1.165) is 36.8 Å². The van der Waals surface area contributed by atoms with Crippen LogP contribution < -0.4 is 10.9 Å². The van der Waals surface area contributed by atoms with E-state index in [4.69, 9.17) is 4.98 Å². The van der Waals surface area contributed by atoms with Crippen molar-refractivity contribution < 1.29 is 9.59 Å². The van der Waals surface area contributed by atoms with Gasteiger partial charge in [-0.05, 0) is 43.5 Å². The average Bonchev–Trinajstić information content (AvgIpc) is 2.95. The normalized spacial score (nSPS) is 13.9. The van der Waals surface area contributed by atoms with Gasteiger partial charge in [0.1, 0.15) is 0 Å². The highest BCUT2D eigenvalue weighted by Crippen LogP contribution is 2.22. The molecule has 0 saturated heterocycles. The van der Waals surface area contributed by atoms with Gasteiger partial charge in [-0.3, -0.25) is 19.0 Å². The maximum absolute atomic E-state index is 13.7. The molecule has 5 rings (SSSR count). The molecule has 1 aromatic heterocycles. The lowest BCUT2D eigenvalue weighted by atomic mass is 9.95. The second kappa shape index (κ2) is 11.8. The van der Waals surface area contributed by atoms with E-state index in [1.165, 1.54) is 18.2 Å². The zero-order valence-corrected chi connectivity index (χ0v) is 22.3. The molecule has 194 valence electrons. The number of rotatable bonds is 8. The molecule has 1 aliphatic rings. The summed E-state index contributed by atoms with van der Waals surface area (Å²) >= 11 is 1.25. The number of aryl methyl sites for hydroxylation is 1. The smallest absolute Gasteiger partial charge is 0.262 e. The SMILES string of the molecule is Cc1ccc(Cn2c(SCC(=O)c3ccccc3)nc3cc(C(=O)NC4CCCCC4)ccc3c2=O)cc1. The molecule has 1 aliphatic carbocycles. The maximum atomic E-state index is 13.7. The number of Topliss-reactive ketones (excluding diaryl/α,β-unsaturated/α-hetero) is 1. The summed E-state index contributed by atoms with van der Waals surface area (Å²) in [5, 5.41) is 4.04. The summed E-state index contributed by atoms with van der Waals surface area (Å²) in [4.78, 5) is 44.2. The quantitative estimate of drug-likeness (QED) is 0.179. The lowest BCUT2D eigenvalue weighted by Gasteiger charge is -2.22. The fourth-order valence-electron chi connectivity index (χ4n) is 4.82. The first-order chi connectivity index (χ1) is 18.5. The zero-order valence-electron chi connectivity index (χ0n) is 21.5. The molecule has 0 unspecified atom stereocenters. The number of amides is 1. The summed E-state index contributed by atoms with van der Waals surface area (Å²) in [6, 6.07) is 22.4. The Morgan fingerprint density at radius 3 is 2.42 bits per heavy atom. The predicted molar refractivity (Wildman–Crippen MR) is 152 cm³/mol. The number of hydrogen-bond acceptors (Lipinski definition) is 5. The van der Waals surface area contributed by atoms with Crippen molar-refractivity contribution in [1.82, 2.24) is 14.9 Å². The third-order valence-electron chi connectivity index (χ3n) is 7.01. The summed E-state index contributed by atoms with van der Waals surface area (Å²) in [5.41, 5.74) is 3.49. The van der Waals surface area contributed by atoms with Crippen molar-refractivity contribution in [1.29, 1.82) is 0 Å². The van der Waals surface area contributed by atoms with E-state index >= 15 is 0 Å². The molecule has 0 atom stereocenters. The molecule has 38 heavy (non-hydrogen) atoms. The van der Waals surface area contributed by atoms with Gasteiger partial charge >= 0.3 is 0 Å². The third-order valence-corrected chi connectivity index (χ3v) is 7.99. The first-order valence-electron chi connectivity index (χ1n) is 13.1. The van der Waals surface area contributed by atoms with Gasteiger partial charge in [-0.15, -0.1) is 0 Å². The van der Waals surface area contributed by atoms with Crippen molar-refractivity contribution in [3.05, 3.63) is 105 Å². The number of carbonyl (C=O) groups is 2. The summed E-state index contributed by atoms with van der Waals surface area (Å²) in [5.74, 6) is -0.0251. The van der Waals surface area contributed by atoms with E-state index in [9.17, 15) is 14.4 Å². The van der Waals surface area contributed by atoms with Crippen LogP contribution in [0.3, 0.4) is 0 Å². The molecule has 0 spiro atoms. The standard InChI is InChI=1S/C31H31N3O3S/c1-21-12-14-22(15-13-21)19-34-30(37)26-17-16-24(29(36)32-25-10-6-3-7-11-25)18-27(26)33-31(34)38-20-28(35)23-8-4-2-5-9-23/h2,4-5,8-9,12-18,25H,3,6-7,10-11,19-20H2,1H3,(H,32,36). The monoisotopic (exact) mass is 525 g/mol. The Bertz CT molecular complexity index is 1510. The van der Waals surface area contributed by atoms with Gasteiger partial charge in [-0.1, -0.05) is 91.2 Å². The first-order valence-corrected chi connectivity index (χ1v) is 14.1. The Morgan fingerprint density at radius 2 is 1.68 bits per heavy atom. The van der Waals surface area contributed by atoms with E-state index in [2.05, 4.69) is 5.32 Å². The summed E-state index contributed by atoms with van der Waals surface area (Å²) in [6.07, 6.45) is 5.48. The molecule has 1 N–H and O–H groups in total. The molecule has 1 amide bonds. The van der Waals surface area contributed by atoms with Crippen LogP contribution in [0.15, 0.2) is 82.7 Å². The number of nitrogens with one attached hydrogen (secondary N) is 1. The number of benzene rings is 3. The van der Waals surface area contributed by atoms with Gasteiger partial charge in [-0.25, -0.2) is 4.98 Å². The molecule has 1 saturated carbocycles. The molecule has 0 radical (unpaired) electrons. The van der Waals surface area contributed by atoms with E-state index in [1.54, 1.807) is 34.9 Å². The number of fused-ring (bicyclic) bond motifs is 1. The fourth-order valence-corrected chi connectivity index (χ4v) is 5.71. The molecular formula is C31H31N3O3S. The van der Waals surface area contributed by atoms with Crippen molar-refractivity contribution in [3.63, 3.8) is 0 Å². The molecule has 3 aromatic carbocycles. The first kappa shape index (κ1) is 25.9. The van der Waals surface area contributed by atoms with Crippen LogP contribution >= 0.6 is 11.8 Å². The average molecular weight is 526 g/mol. The zero-order chi connectivity index (χ0) is 26.5. The molecular weight excluding hydrogens is 494 g/mol. The Hall–Kier alpha value is -3.71. The second-order valence-corrected chi connectivity index (χ2v) is 10.8. The topological polar surface area (TPSA) is 81.1 Å². The number of thioether (sulfide) groups is 1. The number of carbonyl (C=O) groups excluding carboxylic acids is 2. The second-order valence-electron chi connectivity index (χ2n) is 9.89.